The third-order valence-corrected chi connectivity index (χ3v) is 5.16. The van der Waals surface area contributed by atoms with Crippen molar-refractivity contribution in [2.75, 3.05) is 0 Å². The number of rotatable bonds is 4. The molecule has 0 radical (unpaired) electrons. The molecule has 0 saturated carbocycles. The molecule has 0 saturated heterocycles. The van der Waals surface area contributed by atoms with Crippen LogP contribution in [0.1, 0.15) is 34.0 Å². The Hall–Kier alpha value is -2.25. The number of carbonyl (C=O) groups is 1. The van der Waals surface area contributed by atoms with Crippen molar-refractivity contribution in [3.8, 4) is 0 Å². The highest BCUT2D eigenvalue weighted by Crippen LogP contribution is 2.28. The molecule has 0 fully saturated rings. The van der Waals surface area contributed by atoms with E-state index < -0.39 is 12.1 Å². The van der Waals surface area contributed by atoms with E-state index in [1.165, 1.54) is 35.6 Å². The number of aliphatic hydroxyl groups is 1. The van der Waals surface area contributed by atoms with Crippen LogP contribution < -0.4 is 5.32 Å². The van der Waals surface area contributed by atoms with Crippen molar-refractivity contribution in [1.29, 1.82) is 0 Å². The highest BCUT2D eigenvalue weighted by Gasteiger charge is 2.21. The Balaban J connectivity index is 1.75. The highest BCUT2D eigenvalue weighted by molar-refractivity contribution is 7.20. The number of aliphatic hydroxyl groups excluding tert-OH is 1. The lowest BCUT2D eigenvalue weighted by Crippen LogP contribution is -2.36. The minimum atomic E-state index is -0.910. The Labute approximate surface area is 142 Å². The number of fused-ring (bicyclic) bond motifs is 1. The number of thiophene rings is 1. The number of aryl methyl sites for hydroxylation is 2. The van der Waals surface area contributed by atoms with Crippen LogP contribution >= 0.6 is 11.3 Å². The Bertz CT molecular complexity index is 851. The minimum Gasteiger partial charge on any atom is -0.386 e. The normalized spacial score (nSPS) is 13.9. The van der Waals surface area contributed by atoms with Crippen LogP contribution in [0.15, 0.2) is 30.3 Å². The molecule has 2 atom stereocenters. The molecular weight excluding hydrogens is 329 g/mol. The van der Waals surface area contributed by atoms with Crippen molar-refractivity contribution in [2.45, 2.75) is 26.0 Å². The van der Waals surface area contributed by atoms with Crippen molar-refractivity contribution < 1.29 is 14.3 Å². The zero-order valence-electron chi connectivity index (χ0n) is 13.6. The zero-order chi connectivity index (χ0) is 17.4. The lowest BCUT2D eigenvalue weighted by molar-refractivity contribution is 0.0856. The predicted octanol–water partition coefficient (Wildman–Crippen LogP) is 2.93. The smallest absolute Gasteiger partial charge is 0.261 e. The molecule has 5 nitrogen and oxygen atoms in total. The summed E-state index contributed by atoms with van der Waals surface area (Å²) in [5.74, 6) is -0.610. The lowest BCUT2D eigenvalue weighted by atomic mass is 10.0. The van der Waals surface area contributed by atoms with Gasteiger partial charge in [-0.1, -0.05) is 12.1 Å². The van der Waals surface area contributed by atoms with Crippen LogP contribution in [-0.2, 0) is 7.05 Å². The number of halogens is 1. The fourth-order valence-electron chi connectivity index (χ4n) is 2.62. The fourth-order valence-corrected chi connectivity index (χ4v) is 3.65. The van der Waals surface area contributed by atoms with Crippen LogP contribution in [0.5, 0.6) is 0 Å². The Morgan fingerprint density at radius 3 is 2.67 bits per heavy atom. The maximum Gasteiger partial charge on any atom is 0.261 e. The van der Waals surface area contributed by atoms with Crippen LogP contribution in [0.3, 0.4) is 0 Å². The van der Waals surface area contributed by atoms with Gasteiger partial charge in [0.2, 0.25) is 0 Å². The standard InChI is InChI=1S/C17H18FN3O2S/c1-9-13-8-14(24-17(13)21(3)20-9)16(23)19-10(2)15(22)11-4-6-12(18)7-5-11/h4-8,10,15,22H,1-3H3,(H,19,23). The average Bonchev–Trinajstić information content (AvgIpc) is 3.09. The summed E-state index contributed by atoms with van der Waals surface area (Å²) < 4.78 is 14.7. The van der Waals surface area contributed by atoms with Crippen molar-refractivity contribution >= 4 is 27.5 Å². The number of nitrogens with zero attached hydrogens (tertiary/aromatic N) is 2. The van der Waals surface area contributed by atoms with E-state index in [9.17, 15) is 14.3 Å². The van der Waals surface area contributed by atoms with Gasteiger partial charge in [0.1, 0.15) is 10.6 Å². The first-order chi connectivity index (χ1) is 11.4. The van der Waals surface area contributed by atoms with Crippen LogP contribution in [0.4, 0.5) is 4.39 Å². The summed E-state index contributed by atoms with van der Waals surface area (Å²) in [6, 6.07) is 6.90. The molecule has 126 valence electrons. The summed E-state index contributed by atoms with van der Waals surface area (Å²) in [5, 5.41) is 18.4. The Morgan fingerprint density at radius 2 is 2.04 bits per heavy atom. The molecule has 2 aromatic heterocycles. The molecule has 0 spiro atoms. The second-order valence-corrected chi connectivity index (χ2v) is 6.83. The van der Waals surface area contributed by atoms with Gasteiger partial charge in [-0.3, -0.25) is 9.48 Å². The zero-order valence-corrected chi connectivity index (χ0v) is 14.4. The quantitative estimate of drug-likeness (QED) is 0.762. The highest BCUT2D eigenvalue weighted by atomic mass is 32.1. The van der Waals surface area contributed by atoms with Gasteiger partial charge in [-0.15, -0.1) is 11.3 Å². The van der Waals surface area contributed by atoms with Crippen molar-refractivity contribution in [3.63, 3.8) is 0 Å². The predicted molar refractivity (Wildman–Crippen MR) is 91.6 cm³/mol. The van der Waals surface area contributed by atoms with E-state index in [0.29, 0.717) is 10.4 Å². The number of carbonyl (C=O) groups excluding carboxylic acids is 1. The second-order valence-electron chi connectivity index (χ2n) is 5.80. The average molecular weight is 347 g/mol. The SMILES string of the molecule is Cc1nn(C)c2sc(C(=O)NC(C)C(O)c3ccc(F)cc3)cc12. The van der Waals surface area contributed by atoms with Gasteiger partial charge >= 0.3 is 0 Å². The van der Waals surface area contributed by atoms with Gasteiger partial charge in [0.15, 0.2) is 0 Å². The Morgan fingerprint density at radius 1 is 1.38 bits per heavy atom. The monoisotopic (exact) mass is 347 g/mol. The van der Waals surface area contributed by atoms with E-state index in [4.69, 9.17) is 0 Å². The summed E-state index contributed by atoms with van der Waals surface area (Å²) in [6.07, 6.45) is -0.910. The van der Waals surface area contributed by atoms with E-state index in [0.717, 1.165) is 15.9 Å². The summed E-state index contributed by atoms with van der Waals surface area (Å²) in [4.78, 5) is 13.9. The molecule has 3 rings (SSSR count). The number of benzene rings is 1. The molecule has 0 bridgehead atoms. The largest absolute Gasteiger partial charge is 0.386 e. The van der Waals surface area contributed by atoms with Gasteiger partial charge in [-0.05, 0) is 37.6 Å². The van der Waals surface area contributed by atoms with E-state index in [1.807, 2.05) is 20.0 Å². The van der Waals surface area contributed by atoms with Gasteiger partial charge in [0.05, 0.1) is 22.7 Å². The molecular formula is C17H18FN3O2S. The van der Waals surface area contributed by atoms with E-state index >= 15 is 0 Å². The molecule has 1 aromatic carbocycles. The first kappa shape index (κ1) is 16.6. The summed E-state index contributed by atoms with van der Waals surface area (Å²) in [5.41, 5.74) is 1.43. The number of amides is 1. The molecule has 0 aliphatic rings. The van der Waals surface area contributed by atoms with Crippen LogP contribution in [0, 0.1) is 12.7 Å². The van der Waals surface area contributed by atoms with Crippen LogP contribution in [0.2, 0.25) is 0 Å². The molecule has 3 aromatic rings. The van der Waals surface area contributed by atoms with Gasteiger partial charge < -0.3 is 10.4 Å². The summed E-state index contributed by atoms with van der Waals surface area (Å²) in [6.45, 7) is 3.61. The topological polar surface area (TPSA) is 67.2 Å². The van der Waals surface area contributed by atoms with E-state index in [-0.39, 0.29) is 11.7 Å². The van der Waals surface area contributed by atoms with Crippen molar-refractivity contribution in [2.24, 2.45) is 7.05 Å². The van der Waals surface area contributed by atoms with E-state index in [1.54, 1.807) is 11.6 Å². The molecule has 0 aliphatic carbocycles. The number of nitrogens with one attached hydrogen (secondary N) is 1. The maximum absolute atomic E-state index is 13.0. The molecule has 2 heterocycles. The van der Waals surface area contributed by atoms with Crippen LogP contribution in [-0.4, -0.2) is 26.8 Å². The molecule has 1 amide bonds. The third-order valence-electron chi connectivity index (χ3n) is 3.96. The number of hydrogen-bond donors (Lipinski definition) is 2. The first-order valence-corrected chi connectivity index (χ1v) is 8.36. The Kier molecular flexibility index (Phi) is 4.38. The molecule has 0 aliphatic heterocycles. The van der Waals surface area contributed by atoms with Gasteiger partial charge in [-0.25, -0.2) is 4.39 Å². The molecule has 24 heavy (non-hydrogen) atoms. The lowest BCUT2D eigenvalue weighted by Gasteiger charge is -2.20. The van der Waals surface area contributed by atoms with Gasteiger partial charge in [-0.2, -0.15) is 5.10 Å². The fraction of sp³-hybridized carbons (Fsp3) is 0.294. The minimum absolute atomic E-state index is 0.246. The molecule has 7 heteroatoms. The number of hydrogen-bond acceptors (Lipinski definition) is 4. The second kappa shape index (κ2) is 6.33. The maximum atomic E-state index is 13.0. The van der Waals surface area contributed by atoms with Crippen LogP contribution in [0.25, 0.3) is 10.2 Å². The van der Waals surface area contributed by atoms with Gasteiger partial charge in [0.25, 0.3) is 5.91 Å². The van der Waals surface area contributed by atoms with E-state index in [2.05, 4.69) is 10.4 Å². The summed E-state index contributed by atoms with van der Waals surface area (Å²) >= 11 is 1.36. The third kappa shape index (κ3) is 3.05. The van der Waals surface area contributed by atoms with Crippen molar-refractivity contribution in [3.05, 3.63) is 52.3 Å². The molecule has 2 unspecified atom stereocenters. The van der Waals surface area contributed by atoms with Gasteiger partial charge in [0, 0.05) is 12.4 Å². The first-order valence-electron chi connectivity index (χ1n) is 7.54. The van der Waals surface area contributed by atoms with Crippen molar-refractivity contribution in [1.82, 2.24) is 15.1 Å². The summed E-state index contributed by atoms with van der Waals surface area (Å²) in [7, 11) is 1.84. The number of aromatic nitrogens is 2. The molecule has 2 N–H and O–H groups in total.